The number of hydrogen-bond donors (Lipinski definition) is 1. The van der Waals surface area contributed by atoms with Crippen molar-refractivity contribution in [1.29, 1.82) is 10.5 Å². The van der Waals surface area contributed by atoms with Gasteiger partial charge in [-0.3, -0.25) is 0 Å². The second kappa shape index (κ2) is 13.3. The molecule has 0 aliphatic rings. The molecule has 0 aromatic carbocycles. The van der Waals surface area contributed by atoms with Gasteiger partial charge < -0.3 is 0 Å². The third-order valence-corrected chi connectivity index (χ3v) is 8.65. The summed E-state index contributed by atoms with van der Waals surface area (Å²) in [6.07, 6.45) is 13.1. The lowest BCUT2D eigenvalue weighted by molar-refractivity contribution is 0.772. The highest BCUT2D eigenvalue weighted by atomic mass is 31.2. The fourth-order valence-corrected chi connectivity index (χ4v) is 5.05. The first kappa shape index (κ1) is 18.6. The van der Waals surface area contributed by atoms with E-state index in [-0.39, 0.29) is 0 Å². The molecule has 0 saturated heterocycles. The highest BCUT2D eigenvalue weighted by Crippen LogP contribution is 2.58. The topological polar surface area (TPSA) is 59.6 Å². The Kier molecular flexibility index (Phi) is 14.5. The van der Waals surface area contributed by atoms with Gasteiger partial charge in [0.1, 0.15) is 0 Å². The average Bonchev–Trinajstić information content (AvgIpc) is 2.37. The molecule has 4 heteroatoms. The first-order chi connectivity index (χ1) is 8.16. The van der Waals surface area contributed by atoms with Crippen LogP contribution in [-0.4, -0.2) is 24.6 Å². The van der Waals surface area contributed by atoms with Crippen molar-refractivity contribution in [2.24, 2.45) is 0 Å². The number of nitrogens with one attached hydrogen (secondary N) is 1. The van der Waals surface area contributed by atoms with E-state index in [2.05, 4.69) is 27.7 Å². The van der Waals surface area contributed by atoms with Crippen LogP contribution in [0.5, 0.6) is 0 Å². The minimum Gasteiger partial charge on any atom is -0.229 e. The number of rotatable bonds is 7. The molecular weight excluding hydrogens is 229 g/mol. The van der Waals surface area contributed by atoms with Crippen molar-refractivity contribution in [3.05, 3.63) is 0 Å². The lowest BCUT2D eigenvalue weighted by Crippen LogP contribution is -2.07. The minimum atomic E-state index is -0.469. The van der Waals surface area contributed by atoms with Crippen LogP contribution in [0.2, 0.25) is 0 Å². The third-order valence-electron chi connectivity index (χ3n) is 3.36. The van der Waals surface area contributed by atoms with Crippen LogP contribution in [0.15, 0.2) is 0 Å². The van der Waals surface area contributed by atoms with Crippen LogP contribution in [0.4, 0.5) is 0 Å². The second-order valence-corrected chi connectivity index (χ2v) is 9.10. The molecule has 17 heavy (non-hydrogen) atoms. The van der Waals surface area contributed by atoms with Crippen LogP contribution >= 0.6 is 7.26 Å². The Morgan fingerprint density at radius 3 is 1.59 bits per heavy atom. The second-order valence-electron chi connectivity index (χ2n) is 4.07. The highest BCUT2D eigenvalue weighted by molar-refractivity contribution is 7.75. The Morgan fingerprint density at radius 2 is 1.35 bits per heavy atom. The Hall–Kier alpha value is -0.790. The largest absolute Gasteiger partial charge is 0.229 e. The average molecular weight is 256 g/mol. The van der Waals surface area contributed by atoms with Gasteiger partial charge in [0, 0.05) is 7.26 Å². The summed E-state index contributed by atoms with van der Waals surface area (Å²) in [6.45, 7) is 9.48. The zero-order valence-corrected chi connectivity index (χ0v) is 12.7. The van der Waals surface area contributed by atoms with E-state index in [9.17, 15) is 0 Å². The van der Waals surface area contributed by atoms with Gasteiger partial charge >= 0.3 is 0 Å². The molecular formula is C13H27N3P+. The van der Waals surface area contributed by atoms with E-state index < -0.39 is 7.26 Å². The van der Waals surface area contributed by atoms with Crippen molar-refractivity contribution in [2.75, 3.05) is 24.6 Å². The molecule has 0 spiro atoms. The number of unbranched alkanes of at least 4 members (excludes halogenated alkanes) is 2. The van der Waals surface area contributed by atoms with Gasteiger partial charge in [-0.05, 0) is 27.2 Å². The van der Waals surface area contributed by atoms with Crippen LogP contribution in [0.25, 0.3) is 0 Å². The van der Waals surface area contributed by atoms with E-state index in [1.54, 1.807) is 11.5 Å². The first-order valence-electron chi connectivity index (χ1n) is 6.54. The minimum absolute atomic E-state index is 0.469. The summed E-state index contributed by atoms with van der Waals surface area (Å²) in [7, 11) is -0.469. The first-order valence-corrected chi connectivity index (χ1v) is 9.07. The molecule has 0 aliphatic carbocycles. The molecule has 0 radical (unpaired) electrons. The number of nitriles is 2. The van der Waals surface area contributed by atoms with Gasteiger partial charge in [0.05, 0.1) is 24.6 Å². The van der Waals surface area contributed by atoms with Gasteiger partial charge in [0.15, 0.2) is 12.4 Å². The lowest BCUT2D eigenvalue weighted by Gasteiger charge is -2.23. The fourth-order valence-electron chi connectivity index (χ4n) is 1.87. The van der Waals surface area contributed by atoms with Gasteiger partial charge in [0.25, 0.3) is 0 Å². The molecule has 0 aromatic rings. The zero-order chi connectivity index (χ0) is 13.6. The molecule has 0 fully saturated rings. The molecule has 98 valence electrons. The molecule has 1 N–H and O–H groups in total. The van der Waals surface area contributed by atoms with Gasteiger partial charge in [-0.2, -0.15) is 10.5 Å². The molecule has 3 nitrogen and oxygen atoms in total. The number of hydrogen-bond acceptors (Lipinski definition) is 3. The number of nitrogens with zero attached hydrogens (tertiary/aromatic N) is 2. The maximum absolute atomic E-state index is 7.48. The fraction of sp³-hybridized carbons (Fsp3) is 0.846. The predicted molar refractivity (Wildman–Crippen MR) is 77.3 cm³/mol. The van der Waals surface area contributed by atoms with Crippen LogP contribution in [0, 0.1) is 22.9 Å². The lowest BCUT2D eigenvalue weighted by atomic mass is 10.3. The van der Waals surface area contributed by atoms with E-state index in [4.69, 9.17) is 10.5 Å². The quantitative estimate of drug-likeness (QED) is 0.326. The molecule has 0 bridgehead atoms. The van der Waals surface area contributed by atoms with Crippen molar-refractivity contribution in [3.8, 4) is 12.4 Å². The van der Waals surface area contributed by atoms with E-state index in [1.807, 2.05) is 0 Å². The monoisotopic (exact) mass is 256 g/mol. The van der Waals surface area contributed by atoms with Crippen LogP contribution in [0.3, 0.4) is 0 Å². The van der Waals surface area contributed by atoms with Crippen molar-refractivity contribution >= 4 is 7.26 Å². The van der Waals surface area contributed by atoms with Crippen molar-refractivity contribution in [1.82, 2.24) is 5.32 Å². The summed E-state index contributed by atoms with van der Waals surface area (Å²) >= 11 is 0. The normalized spacial score (nSPS) is 9.53. The smallest absolute Gasteiger partial charge is 0.190 e. The molecule has 0 saturated carbocycles. The maximum Gasteiger partial charge on any atom is 0.190 e. The van der Waals surface area contributed by atoms with Gasteiger partial charge in [-0.1, -0.05) is 19.8 Å². The molecule has 0 heterocycles. The van der Waals surface area contributed by atoms with Crippen LogP contribution in [0.1, 0.15) is 47.0 Å². The summed E-state index contributed by atoms with van der Waals surface area (Å²) in [4.78, 5) is 0. The zero-order valence-electron chi connectivity index (χ0n) is 11.8. The summed E-state index contributed by atoms with van der Waals surface area (Å²) in [6, 6.07) is 0. The third kappa shape index (κ3) is 10.1. The van der Waals surface area contributed by atoms with Gasteiger partial charge in [-0.15, -0.1) is 0 Å². The molecule has 0 aromatic heterocycles. The highest BCUT2D eigenvalue weighted by Gasteiger charge is 2.29. The summed E-state index contributed by atoms with van der Waals surface area (Å²) < 4.78 is 0. The van der Waals surface area contributed by atoms with Crippen molar-refractivity contribution < 1.29 is 0 Å². The van der Waals surface area contributed by atoms with Crippen molar-refractivity contribution in [2.45, 2.75) is 47.0 Å². The van der Waals surface area contributed by atoms with E-state index in [0.29, 0.717) is 0 Å². The Balaban J connectivity index is 0. The Morgan fingerprint density at radius 1 is 0.882 bits per heavy atom. The van der Waals surface area contributed by atoms with E-state index in [0.717, 1.165) is 0 Å². The Bertz CT molecular complexity index is 216. The van der Waals surface area contributed by atoms with Gasteiger partial charge in [0.2, 0.25) is 0 Å². The Labute approximate surface area is 108 Å². The predicted octanol–water partition coefficient (Wildman–Crippen LogP) is 3.79. The van der Waals surface area contributed by atoms with Crippen LogP contribution in [-0.2, 0) is 0 Å². The van der Waals surface area contributed by atoms with Gasteiger partial charge in [-0.25, -0.2) is 5.32 Å². The molecule has 0 unspecified atom stereocenters. The maximum atomic E-state index is 7.48. The summed E-state index contributed by atoms with van der Waals surface area (Å²) in [5.41, 5.74) is 0. The molecule has 0 atom stereocenters. The standard InChI is InChI=1S/C11H26P.C2HN3/c1-5-9-10-11-12(6-2,7-3)8-4;3-1-5-2-4/h5-11H2,1-4H3;5H/q+1;. The van der Waals surface area contributed by atoms with E-state index in [1.165, 1.54) is 50.1 Å². The molecule has 0 aliphatic heterocycles. The van der Waals surface area contributed by atoms with Crippen molar-refractivity contribution in [3.63, 3.8) is 0 Å². The molecule has 0 amide bonds. The van der Waals surface area contributed by atoms with E-state index >= 15 is 0 Å². The SMILES string of the molecule is CCCCC[P+](CC)(CC)CC.N#CNC#N. The summed E-state index contributed by atoms with van der Waals surface area (Å²) in [5.74, 6) is 0. The summed E-state index contributed by atoms with van der Waals surface area (Å²) in [5, 5.41) is 16.7. The molecule has 0 rings (SSSR count). The van der Waals surface area contributed by atoms with Crippen LogP contribution < -0.4 is 5.32 Å².